The molecule has 4 N–H and O–H groups in total. The van der Waals surface area contributed by atoms with E-state index in [1.807, 2.05) is 0 Å². The van der Waals surface area contributed by atoms with Crippen LogP contribution in [0.15, 0.2) is 0 Å². The van der Waals surface area contributed by atoms with Gasteiger partial charge in [0.1, 0.15) is 6.54 Å². The van der Waals surface area contributed by atoms with Crippen LogP contribution in [0, 0.1) is 0 Å². The normalized spacial score (nSPS) is 15.7. The topological polar surface area (TPSA) is 119 Å². The molecule has 0 aromatic heterocycles. The first kappa shape index (κ1) is 14.2. The van der Waals surface area contributed by atoms with Gasteiger partial charge in [0.2, 0.25) is 5.91 Å². The largest absolute Gasteiger partial charge is 0.479 e. The van der Waals surface area contributed by atoms with E-state index in [4.69, 9.17) is 10.2 Å². The predicted octanol–water partition coefficient (Wildman–Crippen LogP) is -1.65. The molecule has 0 radical (unpaired) electrons. The number of aliphatic carboxylic acids is 1. The number of urea groups is 1. The van der Waals surface area contributed by atoms with Gasteiger partial charge in [-0.2, -0.15) is 0 Å². The molecule has 1 unspecified atom stereocenters. The van der Waals surface area contributed by atoms with Gasteiger partial charge in [-0.1, -0.05) is 0 Å². The molecule has 1 aliphatic carbocycles. The molecule has 18 heavy (non-hydrogen) atoms. The molecule has 1 fully saturated rings. The van der Waals surface area contributed by atoms with Gasteiger partial charge in [-0.05, 0) is 12.8 Å². The molecule has 3 amide bonds. The highest BCUT2D eigenvalue weighted by Crippen LogP contribution is 2.18. The number of aliphatic hydroxyl groups is 1. The van der Waals surface area contributed by atoms with Crippen molar-refractivity contribution in [1.29, 1.82) is 0 Å². The molecule has 0 bridgehead atoms. The average molecular weight is 259 g/mol. The molecule has 1 atom stereocenters. The SMILES string of the molecule is CN(CC(=O)NC1CC1)C(=O)NCC(O)C(=O)O. The lowest BCUT2D eigenvalue weighted by molar-refractivity contribution is -0.146. The maximum Gasteiger partial charge on any atom is 0.334 e. The van der Waals surface area contributed by atoms with Gasteiger partial charge < -0.3 is 25.7 Å². The van der Waals surface area contributed by atoms with Crippen LogP contribution in [0.4, 0.5) is 4.79 Å². The lowest BCUT2D eigenvalue weighted by Gasteiger charge is -2.18. The third kappa shape index (κ3) is 5.00. The number of carboxylic acid groups (broad SMARTS) is 1. The zero-order valence-electron chi connectivity index (χ0n) is 10.0. The Morgan fingerprint density at radius 1 is 1.39 bits per heavy atom. The van der Waals surface area contributed by atoms with Crippen LogP contribution >= 0.6 is 0 Å². The average Bonchev–Trinajstić information content (AvgIpc) is 3.08. The Bertz CT molecular complexity index is 342. The Labute approximate surface area is 104 Å². The van der Waals surface area contributed by atoms with Crippen molar-refractivity contribution in [1.82, 2.24) is 15.5 Å². The molecule has 0 aromatic rings. The summed E-state index contributed by atoms with van der Waals surface area (Å²) in [6.45, 7) is -0.506. The highest BCUT2D eigenvalue weighted by atomic mass is 16.4. The predicted molar refractivity (Wildman–Crippen MR) is 60.8 cm³/mol. The van der Waals surface area contributed by atoms with Crippen molar-refractivity contribution in [2.45, 2.75) is 25.0 Å². The van der Waals surface area contributed by atoms with Crippen LogP contribution in [0.3, 0.4) is 0 Å². The minimum atomic E-state index is -1.65. The quantitative estimate of drug-likeness (QED) is 0.456. The van der Waals surface area contributed by atoms with Crippen LogP contribution in [0.5, 0.6) is 0 Å². The monoisotopic (exact) mass is 259 g/mol. The Kier molecular flexibility index (Phi) is 4.90. The molecule has 8 nitrogen and oxygen atoms in total. The van der Waals surface area contributed by atoms with Gasteiger partial charge in [-0.15, -0.1) is 0 Å². The Morgan fingerprint density at radius 3 is 2.50 bits per heavy atom. The molecule has 1 saturated carbocycles. The van der Waals surface area contributed by atoms with Crippen molar-refractivity contribution in [3.63, 3.8) is 0 Å². The zero-order chi connectivity index (χ0) is 13.7. The number of hydrogen-bond acceptors (Lipinski definition) is 4. The molecular weight excluding hydrogens is 242 g/mol. The minimum absolute atomic E-state index is 0.106. The maximum atomic E-state index is 11.4. The van der Waals surface area contributed by atoms with Crippen molar-refractivity contribution in [2.24, 2.45) is 0 Å². The van der Waals surface area contributed by atoms with Gasteiger partial charge in [0.25, 0.3) is 0 Å². The zero-order valence-corrected chi connectivity index (χ0v) is 10.0. The standard InChI is InChI=1S/C10H17N3O5/c1-13(5-8(15)12-6-2-3-6)10(18)11-4-7(14)9(16)17/h6-7,14H,2-5H2,1H3,(H,11,18)(H,12,15)(H,16,17). The van der Waals surface area contributed by atoms with E-state index in [-0.39, 0.29) is 18.5 Å². The summed E-state index contributed by atoms with van der Waals surface area (Å²) in [7, 11) is 1.41. The molecule has 0 saturated heterocycles. The molecule has 102 valence electrons. The van der Waals surface area contributed by atoms with E-state index in [0.717, 1.165) is 17.7 Å². The fraction of sp³-hybridized carbons (Fsp3) is 0.700. The van der Waals surface area contributed by atoms with Crippen LogP contribution in [0.2, 0.25) is 0 Å². The highest BCUT2D eigenvalue weighted by Gasteiger charge is 2.24. The van der Waals surface area contributed by atoms with Gasteiger partial charge in [0.15, 0.2) is 6.10 Å². The fourth-order valence-electron chi connectivity index (χ4n) is 1.19. The molecular formula is C10H17N3O5. The number of aliphatic hydroxyl groups excluding tert-OH is 1. The van der Waals surface area contributed by atoms with Gasteiger partial charge >= 0.3 is 12.0 Å². The van der Waals surface area contributed by atoms with Crippen molar-refractivity contribution >= 4 is 17.9 Å². The number of nitrogens with one attached hydrogen (secondary N) is 2. The second-order valence-corrected chi connectivity index (χ2v) is 4.24. The number of nitrogens with zero attached hydrogens (tertiary/aromatic N) is 1. The highest BCUT2D eigenvalue weighted by molar-refractivity contribution is 5.84. The van der Waals surface area contributed by atoms with E-state index in [2.05, 4.69) is 10.6 Å². The fourth-order valence-corrected chi connectivity index (χ4v) is 1.19. The number of hydrogen-bond donors (Lipinski definition) is 4. The molecule has 0 heterocycles. The molecule has 8 heteroatoms. The number of carbonyl (C=O) groups is 3. The lowest BCUT2D eigenvalue weighted by atomic mass is 10.3. The summed E-state index contributed by atoms with van der Waals surface area (Å²) >= 11 is 0. The summed E-state index contributed by atoms with van der Waals surface area (Å²) < 4.78 is 0. The van der Waals surface area contributed by atoms with Gasteiger partial charge in [0, 0.05) is 13.1 Å². The summed E-state index contributed by atoms with van der Waals surface area (Å²) in [6.07, 6.45) is 0.279. The van der Waals surface area contributed by atoms with E-state index in [9.17, 15) is 14.4 Å². The molecule has 0 spiro atoms. The summed E-state index contributed by atoms with van der Waals surface area (Å²) in [5, 5.41) is 22.3. The van der Waals surface area contributed by atoms with Crippen LogP contribution in [0.1, 0.15) is 12.8 Å². The smallest absolute Gasteiger partial charge is 0.334 e. The van der Waals surface area contributed by atoms with Crippen molar-refractivity contribution < 1.29 is 24.6 Å². The maximum absolute atomic E-state index is 11.4. The lowest BCUT2D eigenvalue weighted by Crippen LogP contribution is -2.46. The second-order valence-electron chi connectivity index (χ2n) is 4.24. The van der Waals surface area contributed by atoms with Crippen LogP contribution < -0.4 is 10.6 Å². The molecule has 1 rings (SSSR count). The number of carbonyl (C=O) groups excluding carboxylic acids is 2. The second kappa shape index (κ2) is 6.20. The van der Waals surface area contributed by atoms with Crippen molar-refractivity contribution in [2.75, 3.05) is 20.1 Å². The Balaban J connectivity index is 2.22. The molecule has 0 aromatic carbocycles. The molecule has 1 aliphatic rings. The van der Waals surface area contributed by atoms with Gasteiger partial charge in [0.05, 0.1) is 6.54 Å². The Hall–Kier alpha value is -1.83. The van der Waals surface area contributed by atoms with Crippen LogP contribution in [-0.4, -0.2) is 65.3 Å². The number of amides is 3. The van der Waals surface area contributed by atoms with Gasteiger partial charge in [-0.3, -0.25) is 4.79 Å². The van der Waals surface area contributed by atoms with Crippen LogP contribution in [0.25, 0.3) is 0 Å². The van der Waals surface area contributed by atoms with E-state index >= 15 is 0 Å². The first-order chi connectivity index (χ1) is 8.40. The van der Waals surface area contributed by atoms with Crippen molar-refractivity contribution in [3.8, 4) is 0 Å². The third-order valence-electron chi connectivity index (χ3n) is 2.40. The first-order valence-electron chi connectivity index (χ1n) is 5.59. The van der Waals surface area contributed by atoms with Crippen molar-refractivity contribution in [3.05, 3.63) is 0 Å². The summed E-state index contributed by atoms with van der Waals surface area (Å²) in [6, 6.07) is -0.385. The summed E-state index contributed by atoms with van der Waals surface area (Å²) in [4.78, 5) is 34.2. The Morgan fingerprint density at radius 2 is 2.00 bits per heavy atom. The van der Waals surface area contributed by atoms with Crippen LogP contribution in [-0.2, 0) is 9.59 Å². The van der Waals surface area contributed by atoms with Gasteiger partial charge in [-0.25, -0.2) is 9.59 Å². The number of rotatable bonds is 6. The van der Waals surface area contributed by atoms with E-state index < -0.39 is 24.6 Å². The summed E-state index contributed by atoms with van der Waals surface area (Å²) in [5.74, 6) is -1.67. The molecule has 0 aliphatic heterocycles. The minimum Gasteiger partial charge on any atom is -0.479 e. The number of carboxylic acids is 1. The number of likely N-dealkylation sites (N-methyl/N-ethyl adjacent to an activating group) is 1. The third-order valence-corrected chi connectivity index (χ3v) is 2.40. The van der Waals surface area contributed by atoms with E-state index in [0.29, 0.717) is 0 Å². The first-order valence-corrected chi connectivity index (χ1v) is 5.59. The summed E-state index contributed by atoms with van der Waals surface area (Å²) in [5.41, 5.74) is 0. The van der Waals surface area contributed by atoms with E-state index in [1.54, 1.807) is 0 Å². The van der Waals surface area contributed by atoms with E-state index in [1.165, 1.54) is 7.05 Å².